The minimum Gasteiger partial charge on any atom is -0.481 e. The third kappa shape index (κ3) is 9.95. The van der Waals surface area contributed by atoms with E-state index in [0.717, 1.165) is 0 Å². The highest BCUT2D eigenvalue weighted by atomic mass is 35.5. The highest BCUT2D eigenvalue weighted by Gasteiger charge is 2.26. The van der Waals surface area contributed by atoms with Crippen molar-refractivity contribution >= 4 is 29.6 Å². The Kier molecular flexibility index (Phi) is 8.09. The van der Waals surface area contributed by atoms with Gasteiger partial charge in [0.15, 0.2) is 0 Å². The molecule has 2 N–H and O–H groups in total. The molecule has 0 aromatic heterocycles. The first-order valence-corrected chi connectivity index (χ1v) is 6.88. The quantitative estimate of drug-likeness (QED) is 0.547. The van der Waals surface area contributed by atoms with Gasteiger partial charge in [0.05, 0.1) is 25.3 Å². The molecule has 0 fully saturated rings. The van der Waals surface area contributed by atoms with Crippen LogP contribution in [-0.4, -0.2) is 47.8 Å². The maximum absolute atomic E-state index is 11.5. The number of methoxy groups -OCH3 is 1. The molecule has 122 valence electrons. The molecule has 0 spiro atoms. The van der Waals surface area contributed by atoms with E-state index >= 15 is 0 Å². The van der Waals surface area contributed by atoms with E-state index in [1.807, 2.05) is 0 Å². The number of carboxylic acids is 1. The molecule has 0 radical (unpaired) electrons. The molecule has 21 heavy (non-hydrogen) atoms. The van der Waals surface area contributed by atoms with Crippen LogP contribution in [0, 0.1) is 5.92 Å². The second kappa shape index (κ2) is 8.71. The number of amides is 1. The molecule has 2 atom stereocenters. The summed E-state index contributed by atoms with van der Waals surface area (Å²) in [5.74, 6) is -2.28. The first-order valence-electron chi connectivity index (χ1n) is 6.44. The number of hydrogen-bond donors (Lipinski definition) is 2. The van der Waals surface area contributed by atoms with E-state index in [9.17, 15) is 14.4 Å². The van der Waals surface area contributed by atoms with Gasteiger partial charge in [-0.3, -0.25) is 9.59 Å². The molecule has 1 amide bonds. The SMILES string of the molecule is COC(=O)CC(CC(=O)O)C(Cl)CNC(=O)OC(C)(C)C. The molecule has 0 aromatic carbocycles. The molecular weight excluding hydrogens is 302 g/mol. The molecule has 0 aliphatic carbocycles. The van der Waals surface area contributed by atoms with E-state index in [0.29, 0.717) is 0 Å². The number of rotatable bonds is 7. The lowest BCUT2D eigenvalue weighted by Crippen LogP contribution is -2.38. The summed E-state index contributed by atoms with van der Waals surface area (Å²) in [5, 5.41) is 10.5. The number of ether oxygens (including phenoxy) is 2. The maximum Gasteiger partial charge on any atom is 0.407 e. The number of carboxylic acid groups (broad SMARTS) is 1. The van der Waals surface area contributed by atoms with Crippen LogP contribution in [0.15, 0.2) is 0 Å². The lowest BCUT2D eigenvalue weighted by molar-refractivity contribution is -0.143. The lowest BCUT2D eigenvalue weighted by atomic mass is 9.97. The fourth-order valence-electron chi connectivity index (χ4n) is 1.51. The number of nitrogens with one attached hydrogen (secondary N) is 1. The summed E-state index contributed by atoms with van der Waals surface area (Å²) in [6, 6.07) is 0. The Morgan fingerprint density at radius 2 is 1.81 bits per heavy atom. The number of carbonyl (C=O) groups is 3. The van der Waals surface area contributed by atoms with Crippen molar-refractivity contribution in [2.24, 2.45) is 5.92 Å². The predicted molar refractivity (Wildman–Crippen MR) is 76.3 cm³/mol. The minimum absolute atomic E-state index is 0.00852. The number of alkyl halides is 1. The van der Waals surface area contributed by atoms with Crippen LogP contribution in [0.5, 0.6) is 0 Å². The van der Waals surface area contributed by atoms with Crippen LogP contribution in [0.2, 0.25) is 0 Å². The van der Waals surface area contributed by atoms with Gasteiger partial charge < -0.3 is 19.9 Å². The van der Waals surface area contributed by atoms with Crippen molar-refractivity contribution in [3.8, 4) is 0 Å². The third-order valence-corrected chi connectivity index (χ3v) is 2.96. The Morgan fingerprint density at radius 1 is 1.24 bits per heavy atom. The van der Waals surface area contributed by atoms with Crippen LogP contribution < -0.4 is 5.32 Å². The highest BCUT2D eigenvalue weighted by molar-refractivity contribution is 6.21. The van der Waals surface area contributed by atoms with E-state index in [2.05, 4.69) is 10.1 Å². The Balaban J connectivity index is 4.46. The zero-order valence-corrected chi connectivity index (χ0v) is 13.4. The molecule has 2 unspecified atom stereocenters. The lowest BCUT2D eigenvalue weighted by Gasteiger charge is -2.22. The van der Waals surface area contributed by atoms with Crippen LogP contribution in [-0.2, 0) is 19.1 Å². The van der Waals surface area contributed by atoms with Gasteiger partial charge in [0.2, 0.25) is 0 Å². The molecule has 0 saturated heterocycles. The molecule has 0 heterocycles. The van der Waals surface area contributed by atoms with Crippen molar-refractivity contribution < 1.29 is 29.0 Å². The maximum atomic E-state index is 11.5. The predicted octanol–water partition coefficient (Wildman–Crippen LogP) is 1.77. The van der Waals surface area contributed by atoms with Gasteiger partial charge in [-0.1, -0.05) is 0 Å². The smallest absolute Gasteiger partial charge is 0.407 e. The van der Waals surface area contributed by atoms with Gasteiger partial charge in [0.25, 0.3) is 0 Å². The Morgan fingerprint density at radius 3 is 2.24 bits per heavy atom. The van der Waals surface area contributed by atoms with E-state index < -0.39 is 34.9 Å². The number of alkyl carbamates (subject to hydrolysis) is 1. The molecule has 0 aliphatic rings. The zero-order chi connectivity index (χ0) is 16.6. The number of halogens is 1. The number of aliphatic carboxylic acids is 1. The standard InChI is InChI=1S/C13H22ClNO6/c1-13(2,3)21-12(19)15-7-9(14)8(5-10(16)17)6-11(18)20-4/h8-9H,5-7H2,1-4H3,(H,15,19)(H,16,17). The van der Waals surface area contributed by atoms with Crippen molar-refractivity contribution in [1.29, 1.82) is 0 Å². The second-order valence-electron chi connectivity index (χ2n) is 5.54. The topological polar surface area (TPSA) is 102 Å². The second-order valence-corrected chi connectivity index (χ2v) is 6.10. The molecule has 0 bridgehead atoms. The average molecular weight is 324 g/mol. The molecular formula is C13H22ClNO6. The normalized spacial score (nSPS) is 14.0. The van der Waals surface area contributed by atoms with Crippen LogP contribution >= 0.6 is 11.6 Å². The molecule has 0 saturated carbocycles. The van der Waals surface area contributed by atoms with Gasteiger partial charge in [-0.15, -0.1) is 11.6 Å². The number of hydrogen-bond acceptors (Lipinski definition) is 5. The van der Waals surface area contributed by atoms with Crippen LogP contribution in [0.25, 0.3) is 0 Å². The van der Waals surface area contributed by atoms with Crippen molar-refractivity contribution in [1.82, 2.24) is 5.32 Å². The minimum atomic E-state index is -1.08. The summed E-state index contributed by atoms with van der Waals surface area (Å²) >= 11 is 6.07. The summed E-state index contributed by atoms with van der Waals surface area (Å²) in [7, 11) is 1.21. The first kappa shape index (κ1) is 19.5. The van der Waals surface area contributed by atoms with Gasteiger partial charge in [-0.2, -0.15) is 0 Å². The molecule has 7 nitrogen and oxygen atoms in total. The largest absolute Gasteiger partial charge is 0.481 e. The summed E-state index contributed by atoms with van der Waals surface area (Å²) in [6.45, 7) is 5.14. The van der Waals surface area contributed by atoms with Crippen molar-refractivity contribution in [2.75, 3.05) is 13.7 Å². The third-order valence-electron chi connectivity index (χ3n) is 2.45. The Hall–Kier alpha value is -1.50. The monoisotopic (exact) mass is 323 g/mol. The Bertz CT molecular complexity index is 379. The van der Waals surface area contributed by atoms with E-state index in [1.165, 1.54) is 7.11 Å². The summed E-state index contributed by atoms with van der Waals surface area (Å²) in [4.78, 5) is 33.5. The molecule has 0 rings (SSSR count). The van der Waals surface area contributed by atoms with Gasteiger partial charge in [-0.25, -0.2) is 4.79 Å². The number of carbonyl (C=O) groups excluding carboxylic acids is 2. The fraction of sp³-hybridized carbons (Fsp3) is 0.769. The van der Waals surface area contributed by atoms with Gasteiger partial charge in [0, 0.05) is 6.54 Å². The van der Waals surface area contributed by atoms with Crippen LogP contribution in [0.3, 0.4) is 0 Å². The summed E-state index contributed by atoms with van der Waals surface area (Å²) in [5.41, 5.74) is -0.641. The van der Waals surface area contributed by atoms with Gasteiger partial charge in [0.1, 0.15) is 5.60 Å². The van der Waals surface area contributed by atoms with E-state index in [1.54, 1.807) is 20.8 Å². The summed E-state index contributed by atoms with van der Waals surface area (Å²) < 4.78 is 9.54. The average Bonchev–Trinajstić information content (AvgIpc) is 2.32. The van der Waals surface area contributed by atoms with Crippen molar-refractivity contribution in [3.63, 3.8) is 0 Å². The van der Waals surface area contributed by atoms with E-state index in [4.69, 9.17) is 21.4 Å². The summed E-state index contributed by atoms with van der Waals surface area (Å²) in [6.07, 6.45) is -1.08. The molecule has 0 aliphatic heterocycles. The van der Waals surface area contributed by atoms with E-state index in [-0.39, 0.29) is 19.4 Å². The van der Waals surface area contributed by atoms with Crippen molar-refractivity contribution in [3.05, 3.63) is 0 Å². The fourth-order valence-corrected chi connectivity index (χ4v) is 1.77. The Labute approximate surface area is 128 Å². The van der Waals surface area contributed by atoms with Crippen LogP contribution in [0.1, 0.15) is 33.6 Å². The van der Waals surface area contributed by atoms with Crippen molar-refractivity contribution in [2.45, 2.75) is 44.6 Å². The highest BCUT2D eigenvalue weighted by Crippen LogP contribution is 2.19. The molecule has 8 heteroatoms. The van der Waals surface area contributed by atoms with Crippen LogP contribution in [0.4, 0.5) is 4.79 Å². The van der Waals surface area contributed by atoms with Gasteiger partial charge >= 0.3 is 18.0 Å². The first-order chi connectivity index (χ1) is 9.55. The molecule has 0 aromatic rings. The van der Waals surface area contributed by atoms with Gasteiger partial charge in [-0.05, 0) is 26.7 Å². The number of esters is 1. The zero-order valence-electron chi connectivity index (χ0n) is 12.6.